The zero-order valence-electron chi connectivity index (χ0n) is 13.9. The lowest BCUT2D eigenvalue weighted by atomic mass is 10.1. The van der Waals surface area contributed by atoms with Crippen LogP contribution in [0.4, 0.5) is 4.39 Å². The van der Waals surface area contributed by atoms with E-state index in [1.54, 1.807) is 19.1 Å². The average molecular weight is 315 g/mol. The van der Waals surface area contributed by atoms with Gasteiger partial charge in [-0.1, -0.05) is 24.3 Å². The Hall–Kier alpha value is -2.36. The predicted molar refractivity (Wildman–Crippen MR) is 89.0 cm³/mol. The maximum absolute atomic E-state index is 12.9. The average Bonchev–Trinajstić information content (AvgIpc) is 2.51. The van der Waals surface area contributed by atoms with Crippen molar-refractivity contribution in [1.82, 2.24) is 5.32 Å². The maximum Gasteiger partial charge on any atom is 0.261 e. The van der Waals surface area contributed by atoms with Crippen LogP contribution < -0.4 is 10.1 Å². The van der Waals surface area contributed by atoms with E-state index in [1.165, 1.54) is 12.1 Å². The number of rotatable bonds is 5. The highest BCUT2D eigenvalue weighted by Gasteiger charge is 2.18. The van der Waals surface area contributed by atoms with Crippen LogP contribution in [0.25, 0.3) is 0 Å². The molecule has 0 heterocycles. The van der Waals surface area contributed by atoms with Gasteiger partial charge in [0.2, 0.25) is 0 Å². The molecule has 4 heteroatoms. The van der Waals surface area contributed by atoms with Crippen molar-refractivity contribution in [3.8, 4) is 5.75 Å². The SMILES string of the molecule is Cc1ccc(C)c(O[C@H](C)C(=O)N[C@@H](C)c2ccc(F)cc2)c1. The summed E-state index contributed by atoms with van der Waals surface area (Å²) in [5.41, 5.74) is 2.92. The van der Waals surface area contributed by atoms with Crippen LogP contribution in [-0.2, 0) is 4.79 Å². The number of hydrogen-bond donors (Lipinski definition) is 1. The van der Waals surface area contributed by atoms with E-state index in [2.05, 4.69) is 5.32 Å². The van der Waals surface area contributed by atoms with E-state index in [9.17, 15) is 9.18 Å². The van der Waals surface area contributed by atoms with Crippen molar-refractivity contribution in [2.45, 2.75) is 39.8 Å². The molecule has 0 bridgehead atoms. The lowest BCUT2D eigenvalue weighted by molar-refractivity contribution is -0.127. The van der Waals surface area contributed by atoms with Crippen LogP contribution in [0, 0.1) is 19.7 Å². The van der Waals surface area contributed by atoms with Crippen LogP contribution in [0.1, 0.15) is 36.6 Å². The molecule has 23 heavy (non-hydrogen) atoms. The second-order valence-electron chi connectivity index (χ2n) is 5.81. The van der Waals surface area contributed by atoms with Crippen LogP contribution >= 0.6 is 0 Å². The van der Waals surface area contributed by atoms with E-state index in [1.807, 2.05) is 39.0 Å². The molecule has 0 fully saturated rings. The molecule has 122 valence electrons. The van der Waals surface area contributed by atoms with Crippen LogP contribution in [0.2, 0.25) is 0 Å². The summed E-state index contributed by atoms with van der Waals surface area (Å²) < 4.78 is 18.7. The summed E-state index contributed by atoms with van der Waals surface area (Å²) in [5.74, 6) is 0.212. The van der Waals surface area contributed by atoms with Gasteiger partial charge in [-0.2, -0.15) is 0 Å². The van der Waals surface area contributed by atoms with Gasteiger partial charge in [0.05, 0.1) is 6.04 Å². The van der Waals surface area contributed by atoms with Crippen LogP contribution in [-0.4, -0.2) is 12.0 Å². The van der Waals surface area contributed by atoms with E-state index < -0.39 is 6.10 Å². The third-order valence-corrected chi connectivity index (χ3v) is 3.75. The first kappa shape index (κ1) is 17.0. The van der Waals surface area contributed by atoms with E-state index in [0.29, 0.717) is 5.75 Å². The Bertz CT molecular complexity index is 682. The van der Waals surface area contributed by atoms with E-state index >= 15 is 0 Å². The zero-order chi connectivity index (χ0) is 17.0. The van der Waals surface area contributed by atoms with Crippen LogP contribution in [0.15, 0.2) is 42.5 Å². The molecule has 0 saturated carbocycles. The lowest BCUT2D eigenvalue weighted by Gasteiger charge is -2.20. The number of benzene rings is 2. The molecule has 0 aliphatic rings. The van der Waals surface area contributed by atoms with Gasteiger partial charge in [-0.25, -0.2) is 4.39 Å². The van der Waals surface area contributed by atoms with Crippen molar-refractivity contribution >= 4 is 5.91 Å². The lowest BCUT2D eigenvalue weighted by Crippen LogP contribution is -2.37. The Kier molecular flexibility index (Phi) is 5.37. The van der Waals surface area contributed by atoms with Crippen LogP contribution in [0.5, 0.6) is 5.75 Å². The number of halogens is 1. The van der Waals surface area contributed by atoms with Crippen molar-refractivity contribution in [2.75, 3.05) is 0 Å². The molecule has 3 nitrogen and oxygen atoms in total. The minimum atomic E-state index is -0.613. The summed E-state index contributed by atoms with van der Waals surface area (Å²) in [7, 11) is 0. The minimum Gasteiger partial charge on any atom is -0.481 e. The molecule has 2 rings (SSSR count). The Labute approximate surface area is 136 Å². The summed E-state index contributed by atoms with van der Waals surface area (Å²) in [5, 5.41) is 2.88. The number of carbonyl (C=O) groups excluding carboxylic acids is 1. The molecule has 0 aromatic heterocycles. The molecule has 2 aromatic carbocycles. The van der Waals surface area contributed by atoms with Gasteiger partial charge in [0.25, 0.3) is 5.91 Å². The van der Waals surface area contributed by atoms with Crippen molar-refractivity contribution in [2.24, 2.45) is 0 Å². The van der Waals surface area contributed by atoms with Gasteiger partial charge in [0.15, 0.2) is 6.10 Å². The fraction of sp³-hybridized carbons (Fsp3) is 0.316. The first-order chi connectivity index (χ1) is 10.9. The molecule has 2 aromatic rings. The molecular weight excluding hydrogens is 293 g/mol. The smallest absolute Gasteiger partial charge is 0.261 e. The van der Waals surface area contributed by atoms with Gasteiger partial charge in [0.1, 0.15) is 11.6 Å². The van der Waals surface area contributed by atoms with Crippen LogP contribution in [0.3, 0.4) is 0 Å². The van der Waals surface area contributed by atoms with Gasteiger partial charge < -0.3 is 10.1 Å². The van der Waals surface area contributed by atoms with E-state index in [-0.39, 0.29) is 17.8 Å². The highest BCUT2D eigenvalue weighted by atomic mass is 19.1. The summed E-state index contributed by atoms with van der Waals surface area (Å²) in [6.07, 6.45) is -0.613. The van der Waals surface area contributed by atoms with Gasteiger partial charge in [-0.05, 0) is 62.6 Å². The molecule has 0 radical (unpaired) electrons. The standard InChI is InChI=1S/C19H22FNO2/c1-12-5-6-13(2)18(11-12)23-15(4)19(22)21-14(3)16-7-9-17(20)10-8-16/h5-11,14-15H,1-4H3,(H,21,22)/t14-,15+/m0/s1. The number of carbonyl (C=O) groups is 1. The van der Waals surface area contributed by atoms with Gasteiger partial charge in [-0.15, -0.1) is 0 Å². The fourth-order valence-corrected chi connectivity index (χ4v) is 2.24. The molecule has 1 amide bonds. The number of aryl methyl sites for hydroxylation is 2. The van der Waals surface area contributed by atoms with E-state index in [4.69, 9.17) is 4.74 Å². The number of nitrogens with one attached hydrogen (secondary N) is 1. The van der Waals surface area contributed by atoms with Crippen molar-refractivity contribution in [3.63, 3.8) is 0 Å². The first-order valence-electron chi connectivity index (χ1n) is 7.66. The third-order valence-electron chi connectivity index (χ3n) is 3.75. The highest BCUT2D eigenvalue weighted by Crippen LogP contribution is 2.21. The molecule has 0 aliphatic heterocycles. The minimum absolute atomic E-state index is 0.206. The first-order valence-corrected chi connectivity index (χ1v) is 7.66. The molecule has 0 unspecified atom stereocenters. The quantitative estimate of drug-likeness (QED) is 0.902. The molecule has 0 aliphatic carbocycles. The second kappa shape index (κ2) is 7.27. The molecule has 0 spiro atoms. The van der Waals surface area contributed by atoms with Gasteiger partial charge in [0, 0.05) is 0 Å². The van der Waals surface area contributed by atoms with Crippen molar-refractivity contribution < 1.29 is 13.9 Å². The highest BCUT2D eigenvalue weighted by molar-refractivity contribution is 5.81. The molecule has 1 N–H and O–H groups in total. The van der Waals surface area contributed by atoms with Crippen molar-refractivity contribution in [1.29, 1.82) is 0 Å². The summed E-state index contributed by atoms with van der Waals surface area (Å²) in [6.45, 7) is 7.50. The topological polar surface area (TPSA) is 38.3 Å². The Morgan fingerprint density at radius 3 is 2.39 bits per heavy atom. The third kappa shape index (κ3) is 4.55. The second-order valence-corrected chi connectivity index (χ2v) is 5.81. The number of ether oxygens (including phenoxy) is 1. The Balaban J connectivity index is 1.99. The maximum atomic E-state index is 12.9. The number of hydrogen-bond acceptors (Lipinski definition) is 2. The van der Waals surface area contributed by atoms with Crippen molar-refractivity contribution in [3.05, 3.63) is 65.0 Å². The Morgan fingerprint density at radius 2 is 1.74 bits per heavy atom. The van der Waals surface area contributed by atoms with Gasteiger partial charge >= 0.3 is 0 Å². The fourth-order valence-electron chi connectivity index (χ4n) is 2.24. The number of amides is 1. The molecule has 0 saturated heterocycles. The Morgan fingerprint density at radius 1 is 1.09 bits per heavy atom. The van der Waals surface area contributed by atoms with Gasteiger partial charge in [-0.3, -0.25) is 4.79 Å². The zero-order valence-corrected chi connectivity index (χ0v) is 13.9. The summed E-state index contributed by atoms with van der Waals surface area (Å²) in [4.78, 5) is 12.3. The normalized spacial score (nSPS) is 13.3. The molecular formula is C19H22FNO2. The summed E-state index contributed by atoms with van der Waals surface area (Å²) >= 11 is 0. The van der Waals surface area contributed by atoms with E-state index in [0.717, 1.165) is 16.7 Å². The largest absolute Gasteiger partial charge is 0.481 e. The molecule has 2 atom stereocenters. The predicted octanol–water partition coefficient (Wildman–Crippen LogP) is 4.09. The monoisotopic (exact) mass is 315 g/mol. The summed E-state index contributed by atoms with van der Waals surface area (Å²) in [6, 6.07) is 11.8.